The van der Waals surface area contributed by atoms with Gasteiger partial charge in [-0.2, -0.15) is 15.0 Å². The van der Waals surface area contributed by atoms with E-state index in [1.54, 1.807) is 0 Å². The topological polar surface area (TPSA) is 205 Å². The molecule has 0 aromatic rings. The molecule has 0 unspecified atom stereocenters. The molecule has 0 atom stereocenters. The van der Waals surface area contributed by atoms with Crippen LogP contribution >= 0.6 is 12.2 Å². The highest BCUT2D eigenvalue weighted by atomic mass is 32.1. The monoisotopic (exact) mass is 672 g/mol. The maximum atomic E-state index is 11.1. The molecule has 0 aromatic carbocycles. The molecule has 4 aliphatic carbocycles. The maximum Gasteiger partial charge on any atom is 0.251 e. The van der Waals surface area contributed by atoms with Gasteiger partial charge in [0, 0.05) is 6.42 Å². The molecule has 11 nitrogen and oxygen atoms in total. The molecular weight excluding hydrogens is 625 g/mol. The number of amides is 3. The second-order valence-corrected chi connectivity index (χ2v) is 13.9. The van der Waals surface area contributed by atoms with Gasteiger partial charge in [0.15, 0.2) is 0 Å². The van der Waals surface area contributed by atoms with E-state index in [0.717, 1.165) is 79.5 Å². The van der Waals surface area contributed by atoms with E-state index in [1.807, 2.05) is 0 Å². The van der Waals surface area contributed by atoms with Gasteiger partial charge in [-0.25, -0.2) is 4.99 Å². The summed E-state index contributed by atoms with van der Waals surface area (Å²) in [5, 5.41) is 0. The van der Waals surface area contributed by atoms with Crippen LogP contribution in [0.1, 0.15) is 128 Å². The summed E-state index contributed by atoms with van der Waals surface area (Å²) in [6, 6.07) is 0. The molecule has 8 rings (SSSR count). The van der Waals surface area contributed by atoms with Gasteiger partial charge in [0.25, 0.3) is 17.7 Å². The van der Waals surface area contributed by atoms with Crippen LogP contribution in [-0.4, -0.2) is 46.1 Å². The predicted octanol–water partition coefficient (Wildman–Crippen LogP) is 5.38. The van der Waals surface area contributed by atoms with E-state index in [1.165, 1.54) is 79.2 Å². The average molecular weight is 673 g/mol. The number of carbonyl (C=O) groups excluding carboxylic acids is 3. The third-order valence-corrected chi connectivity index (χ3v) is 10.2. The Hall–Kier alpha value is -4.06. The summed E-state index contributed by atoms with van der Waals surface area (Å²) in [4.78, 5) is 49.3. The van der Waals surface area contributed by atoms with Crippen LogP contribution in [0.25, 0.3) is 0 Å². The van der Waals surface area contributed by atoms with Crippen molar-refractivity contribution < 1.29 is 14.4 Å². The Balaban J connectivity index is 0.000000125. The largest absolute Gasteiger partial charge is 0.383 e. The lowest BCUT2D eigenvalue weighted by Gasteiger charge is -2.23. The molecule has 4 aliphatic heterocycles. The van der Waals surface area contributed by atoms with Gasteiger partial charge in [-0.15, -0.1) is 0 Å². The third-order valence-electron chi connectivity index (χ3n) is 10.0. The van der Waals surface area contributed by atoms with E-state index < -0.39 is 0 Å². The van der Waals surface area contributed by atoms with E-state index in [4.69, 9.17) is 35.2 Å². The van der Waals surface area contributed by atoms with Crippen LogP contribution in [-0.2, 0) is 14.4 Å². The van der Waals surface area contributed by atoms with E-state index >= 15 is 0 Å². The molecule has 0 saturated heterocycles. The summed E-state index contributed by atoms with van der Waals surface area (Å²) in [5.74, 6) is 1.87. The van der Waals surface area contributed by atoms with Crippen molar-refractivity contribution in [2.75, 3.05) is 0 Å². The summed E-state index contributed by atoms with van der Waals surface area (Å²) < 4.78 is 0. The molecule has 3 amide bonds. The number of aliphatic imine (C=N–C) groups is 4. The number of carbonyl (C=O) groups is 3. The summed E-state index contributed by atoms with van der Waals surface area (Å²) in [6.07, 6.45) is 20.5. The summed E-state index contributed by atoms with van der Waals surface area (Å²) in [7, 11) is 0. The van der Waals surface area contributed by atoms with Crippen molar-refractivity contribution >= 4 is 58.3 Å². The van der Waals surface area contributed by atoms with Crippen LogP contribution in [0.4, 0.5) is 0 Å². The van der Waals surface area contributed by atoms with Gasteiger partial charge in [0.2, 0.25) is 0 Å². The van der Waals surface area contributed by atoms with Crippen LogP contribution in [0.5, 0.6) is 0 Å². The Morgan fingerprint density at radius 3 is 1.10 bits per heavy atom. The Kier molecular flexibility index (Phi) is 12.0. The summed E-state index contributed by atoms with van der Waals surface area (Å²) >= 11 is 5.05. The SMILES string of the molecule is NC1=NC(=O)CC2=C1CCC2.NC1=NC(=O)CC2=C1CCCC2.NC1=NC(=O)CC2=C1CCCCC2.NC1=NC(=S)CC2=C1CCCC2. The highest BCUT2D eigenvalue weighted by Crippen LogP contribution is 2.33. The fraction of sp³-hybridized carbons (Fsp3) is 0.556. The Morgan fingerprint density at radius 2 is 0.667 bits per heavy atom. The maximum absolute atomic E-state index is 11.1. The Morgan fingerprint density at radius 1 is 0.375 bits per heavy atom. The van der Waals surface area contributed by atoms with E-state index in [2.05, 4.69) is 20.0 Å². The number of thiocarbonyl (C=S) groups is 1. The van der Waals surface area contributed by atoms with Crippen LogP contribution in [0, 0.1) is 0 Å². The molecule has 4 heterocycles. The Labute approximate surface area is 288 Å². The highest BCUT2D eigenvalue weighted by molar-refractivity contribution is 7.80. The minimum atomic E-state index is -0.0804. The zero-order valence-corrected chi connectivity index (χ0v) is 28.7. The van der Waals surface area contributed by atoms with Crippen molar-refractivity contribution in [3.63, 3.8) is 0 Å². The lowest BCUT2D eigenvalue weighted by atomic mass is 9.87. The quantitative estimate of drug-likeness (QED) is 0.245. The van der Waals surface area contributed by atoms with Crippen LogP contribution in [0.2, 0.25) is 0 Å². The first kappa shape index (κ1) is 35.3. The zero-order chi connectivity index (χ0) is 34.2. The number of dihydropyridines is 4. The van der Waals surface area contributed by atoms with Crippen molar-refractivity contribution in [1.29, 1.82) is 0 Å². The van der Waals surface area contributed by atoms with Gasteiger partial charge in [-0.05, 0) is 119 Å². The van der Waals surface area contributed by atoms with Gasteiger partial charge >= 0.3 is 0 Å². The predicted molar refractivity (Wildman–Crippen MR) is 195 cm³/mol. The van der Waals surface area contributed by atoms with Crippen LogP contribution in [0.15, 0.2) is 64.6 Å². The van der Waals surface area contributed by atoms with Crippen molar-refractivity contribution in [3.8, 4) is 0 Å². The number of nitrogens with two attached hydrogens (primary N) is 4. The fourth-order valence-corrected chi connectivity index (χ4v) is 7.87. The first-order valence-electron chi connectivity index (χ1n) is 17.4. The summed E-state index contributed by atoms with van der Waals surface area (Å²) in [6.45, 7) is 0. The molecule has 0 saturated carbocycles. The molecule has 12 heteroatoms. The molecule has 8 aliphatic rings. The van der Waals surface area contributed by atoms with Gasteiger partial charge < -0.3 is 22.9 Å². The van der Waals surface area contributed by atoms with E-state index in [9.17, 15) is 14.4 Å². The van der Waals surface area contributed by atoms with Crippen molar-refractivity contribution in [2.24, 2.45) is 42.9 Å². The minimum absolute atomic E-state index is 0.0712. The highest BCUT2D eigenvalue weighted by Gasteiger charge is 2.25. The second-order valence-electron chi connectivity index (χ2n) is 13.4. The number of hydrogen-bond acceptors (Lipinski definition) is 8. The number of nitrogens with zero attached hydrogens (tertiary/aromatic N) is 4. The lowest BCUT2D eigenvalue weighted by Crippen LogP contribution is -2.25. The molecule has 8 N–H and O–H groups in total. The molecule has 0 fully saturated rings. The fourth-order valence-electron chi connectivity index (χ4n) is 7.60. The van der Waals surface area contributed by atoms with Crippen LogP contribution in [0.3, 0.4) is 0 Å². The molecule has 48 heavy (non-hydrogen) atoms. The van der Waals surface area contributed by atoms with Crippen molar-refractivity contribution in [1.82, 2.24) is 0 Å². The normalized spacial score (nSPS) is 23.7. The van der Waals surface area contributed by atoms with Crippen molar-refractivity contribution in [3.05, 3.63) is 44.6 Å². The first-order valence-corrected chi connectivity index (χ1v) is 17.8. The van der Waals surface area contributed by atoms with Crippen molar-refractivity contribution in [2.45, 2.75) is 128 Å². The van der Waals surface area contributed by atoms with E-state index in [0.29, 0.717) is 42.6 Å². The van der Waals surface area contributed by atoms with Crippen LogP contribution < -0.4 is 22.9 Å². The molecular formula is C36H48N8O3S. The zero-order valence-electron chi connectivity index (χ0n) is 27.9. The molecule has 0 bridgehead atoms. The standard InChI is InChI=1S/C10H14N2O.C9H12N2O.C9H12N2S.C8H10N2O/c11-10-8-5-3-1-2-4-7(8)6-9(13)12-10;2*10-9-7-4-2-1-3-6(7)5-8(12)11-9;9-8-6-3-1-2-5(6)4-7(11)10-8/h1-6H2,(H2,11,12,13);2*1-5H2,(H2,10,11,12);1-4H2,(H2,9,10,11). The molecule has 0 spiro atoms. The molecule has 0 radical (unpaired) electrons. The third kappa shape index (κ3) is 9.09. The second kappa shape index (κ2) is 16.4. The van der Waals surface area contributed by atoms with E-state index in [-0.39, 0.29) is 17.7 Å². The Bertz CT molecular complexity index is 1580. The van der Waals surface area contributed by atoms with Gasteiger partial charge in [0.1, 0.15) is 28.3 Å². The number of hydrogen-bond donors (Lipinski definition) is 4. The smallest absolute Gasteiger partial charge is 0.251 e. The van der Waals surface area contributed by atoms with Gasteiger partial charge in [0.05, 0.1) is 19.3 Å². The van der Waals surface area contributed by atoms with Gasteiger partial charge in [-0.3, -0.25) is 14.4 Å². The number of amidine groups is 4. The van der Waals surface area contributed by atoms with Gasteiger partial charge in [-0.1, -0.05) is 40.9 Å². The lowest BCUT2D eigenvalue weighted by molar-refractivity contribution is -0.118. The summed E-state index contributed by atoms with van der Waals surface area (Å²) in [5.41, 5.74) is 32.6. The first-order chi connectivity index (χ1) is 23.1. The molecule has 0 aromatic heterocycles. The molecule has 256 valence electrons. The minimum Gasteiger partial charge on any atom is -0.383 e. The average Bonchev–Trinajstić information content (AvgIpc) is 3.39. The number of rotatable bonds is 0.